The molecule has 29 heavy (non-hydrogen) atoms. The molecule has 152 valence electrons. The van der Waals surface area contributed by atoms with Gasteiger partial charge in [-0.25, -0.2) is 4.98 Å². The minimum Gasteiger partial charge on any atom is -0.495 e. The number of fused-ring (bicyclic) bond motifs is 1. The van der Waals surface area contributed by atoms with Gasteiger partial charge >= 0.3 is 0 Å². The van der Waals surface area contributed by atoms with Gasteiger partial charge in [0.05, 0.1) is 34.5 Å². The lowest BCUT2D eigenvalue weighted by Crippen LogP contribution is -2.41. The largest absolute Gasteiger partial charge is 0.495 e. The summed E-state index contributed by atoms with van der Waals surface area (Å²) in [7, 11) is 1.53. The second-order valence-electron chi connectivity index (χ2n) is 7.46. The number of hydrogen-bond donors (Lipinski definition) is 1. The number of amides is 1. The Bertz CT molecular complexity index is 1120. The van der Waals surface area contributed by atoms with Crippen molar-refractivity contribution in [3.63, 3.8) is 0 Å². The van der Waals surface area contributed by atoms with Crippen molar-refractivity contribution >= 4 is 40.2 Å². The summed E-state index contributed by atoms with van der Waals surface area (Å²) in [6.45, 7) is 5.75. The van der Waals surface area contributed by atoms with Gasteiger partial charge in [0.25, 0.3) is 5.56 Å². The number of nitrogens with zero attached hydrogens (tertiary/aromatic N) is 2. The average Bonchev–Trinajstić information content (AvgIpc) is 2.65. The molecule has 1 aromatic heterocycles. The second-order valence-corrected chi connectivity index (χ2v) is 8.81. The van der Waals surface area contributed by atoms with Gasteiger partial charge in [0.15, 0.2) is 5.16 Å². The normalized spacial score (nSPS) is 11.5. The van der Waals surface area contributed by atoms with Gasteiger partial charge in [0, 0.05) is 5.54 Å². The van der Waals surface area contributed by atoms with Crippen LogP contribution in [0.1, 0.15) is 20.8 Å². The number of nitrogens with one attached hydrogen (secondary N) is 1. The molecule has 8 heteroatoms. The Labute approximate surface area is 178 Å². The molecule has 0 unspecified atom stereocenters. The lowest BCUT2D eigenvalue weighted by atomic mass is 10.1. The highest BCUT2D eigenvalue weighted by molar-refractivity contribution is 7.99. The van der Waals surface area contributed by atoms with E-state index in [-0.39, 0.29) is 22.8 Å². The van der Waals surface area contributed by atoms with Crippen LogP contribution in [-0.4, -0.2) is 33.9 Å². The van der Waals surface area contributed by atoms with Crippen LogP contribution in [0.3, 0.4) is 0 Å². The predicted molar refractivity (Wildman–Crippen MR) is 118 cm³/mol. The van der Waals surface area contributed by atoms with Crippen LogP contribution in [0.5, 0.6) is 5.75 Å². The summed E-state index contributed by atoms with van der Waals surface area (Å²) >= 11 is 7.47. The fourth-order valence-corrected chi connectivity index (χ4v) is 3.88. The van der Waals surface area contributed by atoms with Crippen LogP contribution in [0.2, 0.25) is 5.02 Å². The first-order valence-corrected chi connectivity index (χ1v) is 10.4. The summed E-state index contributed by atoms with van der Waals surface area (Å²) in [5.41, 5.74) is 0.567. The Balaban J connectivity index is 2.08. The smallest absolute Gasteiger partial charge is 0.266 e. The molecule has 0 aliphatic rings. The molecule has 1 amide bonds. The van der Waals surface area contributed by atoms with Gasteiger partial charge in [-0.2, -0.15) is 0 Å². The number of halogens is 1. The lowest BCUT2D eigenvalue weighted by molar-refractivity contribution is -0.119. The van der Waals surface area contributed by atoms with Crippen molar-refractivity contribution in [2.24, 2.45) is 0 Å². The van der Waals surface area contributed by atoms with Crippen molar-refractivity contribution in [3.05, 3.63) is 57.8 Å². The summed E-state index contributed by atoms with van der Waals surface area (Å²) < 4.78 is 6.67. The summed E-state index contributed by atoms with van der Waals surface area (Å²) in [6, 6.07) is 12.2. The first-order chi connectivity index (χ1) is 13.7. The zero-order valence-electron chi connectivity index (χ0n) is 16.7. The molecular formula is C21H22ClN3O3S. The summed E-state index contributed by atoms with van der Waals surface area (Å²) in [5, 5.41) is 4.20. The van der Waals surface area contributed by atoms with E-state index >= 15 is 0 Å². The first-order valence-electron chi connectivity index (χ1n) is 8.99. The van der Waals surface area contributed by atoms with Crippen LogP contribution in [0.4, 0.5) is 0 Å². The number of thioether (sulfide) groups is 1. The van der Waals surface area contributed by atoms with Crippen molar-refractivity contribution in [1.29, 1.82) is 0 Å². The molecule has 2 aromatic carbocycles. The Morgan fingerprint density at radius 1 is 1.24 bits per heavy atom. The molecular weight excluding hydrogens is 410 g/mol. The third kappa shape index (κ3) is 4.92. The van der Waals surface area contributed by atoms with Crippen LogP contribution in [-0.2, 0) is 4.79 Å². The number of carbonyl (C=O) groups excluding carboxylic acids is 1. The van der Waals surface area contributed by atoms with Crippen LogP contribution in [0, 0.1) is 0 Å². The third-order valence-electron chi connectivity index (χ3n) is 3.99. The van der Waals surface area contributed by atoms with E-state index in [2.05, 4.69) is 10.3 Å². The van der Waals surface area contributed by atoms with E-state index in [9.17, 15) is 9.59 Å². The molecule has 3 rings (SSSR count). The van der Waals surface area contributed by atoms with E-state index in [4.69, 9.17) is 16.3 Å². The second kappa shape index (κ2) is 8.47. The van der Waals surface area contributed by atoms with Crippen molar-refractivity contribution in [2.75, 3.05) is 12.9 Å². The maximum atomic E-state index is 13.2. The molecule has 0 radical (unpaired) electrons. The number of hydrogen-bond acceptors (Lipinski definition) is 5. The van der Waals surface area contributed by atoms with Crippen LogP contribution in [0.25, 0.3) is 16.6 Å². The monoisotopic (exact) mass is 431 g/mol. The molecule has 0 saturated heterocycles. The number of ether oxygens (including phenoxy) is 1. The Kier molecular flexibility index (Phi) is 6.19. The molecule has 1 heterocycles. The topological polar surface area (TPSA) is 73.2 Å². The van der Waals surface area contributed by atoms with Crippen molar-refractivity contribution in [1.82, 2.24) is 14.9 Å². The van der Waals surface area contributed by atoms with Gasteiger partial charge in [-0.15, -0.1) is 0 Å². The third-order valence-corrected chi connectivity index (χ3v) is 5.22. The molecule has 0 spiro atoms. The highest BCUT2D eigenvalue weighted by Crippen LogP contribution is 2.28. The Morgan fingerprint density at radius 3 is 2.62 bits per heavy atom. The van der Waals surface area contributed by atoms with Gasteiger partial charge in [-0.05, 0) is 51.1 Å². The number of rotatable bonds is 5. The van der Waals surface area contributed by atoms with E-state index < -0.39 is 0 Å². The van der Waals surface area contributed by atoms with Gasteiger partial charge in [-0.1, -0.05) is 35.5 Å². The molecule has 0 fully saturated rings. The van der Waals surface area contributed by atoms with E-state index in [0.29, 0.717) is 32.5 Å². The molecule has 0 bridgehead atoms. The lowest BCUT2D eigenvalue weighted by Gasteiger charge is -2.20. The highest BCUT2D eigenvalue weighted by atomic mass is 35.5. The minimum absolute atomic E-state index is 0.131. The van der Waals surface area contributed by atoms with E-state index in [1.165, 1.54) is 23.4 Å². The maximum absolute atomic E-state index is 13.2. The standard InChI is InChI=1S/C21H22ClN3O3S/c1-21(2,3)24-18(26)12-29-20-23-16-8-6-5-7-14(16)19(27)25(20)13-9-10-17(28-4)15(22)11-13/h5-11H,12H2,1-4H3,(H,24,26). The van der Waals surface area contributed by atoms with Gasteiger partial charge in [0.1, 0.15) is 5.75 Å². The molecule has 0 saturated carbocycles. The summed E-state index contributed by atoms with van der Waals surface area (Å²) in [4.78, 5) is 30.1. The predicted octanol–water partition coefficient (Wildman–Crippen LogP) is 4.05. The number of para-hydroxylation sites is 1. The molecule has 3 aromatic rings. The summed E-state index contributed by atoms with van der Waals surface area (Å²) in [5.74, 6) is 0.506. The first kappa shape index (κ1) is 21.2. The van der Waals surface area contributed by atoms with Crippen LogP contribution >= 0.6 is 23.4 Å². The van der Waals surface area contributed by atoms with Crippen LogP contribution < -0.4 is 15.6 Å². The van der Waals surface area contributed by atoms with E-state index in [1.54, 1.807) is 36.4 Å². The number of benzene rings is 2. The van der Waals surface area contributed by atoms with Crippen molar-refractivity contribution < 1.29 is 9.53 Å². The molecule has 0 aliphatic heterocycles. The average molecular weight is 432 g/mol. The van der Waals surface area contributed by atoms with Crippen molar-refractivity contribution in [2.45, 2.75) is 31.5 Å². The highest BCUT2D eigenvalue weighted by Gasteiger charge is 2.18. The number of methoxy groups -OCH3 is 1. The van der Waals surface area contributed by atoms with Crippen LogP contribution in [0.15, 0.2) is 52.4 Å². The number of aromatic nitrogens is 2. The minimum atomic E-state index is -0.336. The molecule has 6 nitrogen and oxygen atoms in total. The van der Waals surface area contributed by atoms with Gasteiger partial charge in [-0.3, -0.25) is 14.2 Å². The number of carbonyl (C=O) groups is 1. The quantitative estimate of drug-likeness (QED) is 0.487. The Morgan fingerprint density at radius 2 is 1.97 bits per heavy atom. The van der Waals surface area contributed by atoms with E-state index in [0.717, 1.165) is 0 Å². The molecule has 0 aliphatic carbocycles. The zero-order valence-corrected chi connectivity index (χ0v) is 18.2. The fourth-order valence-electron chi connectivity index (χ4n) is 2.82. The van der Waals surface area contributed by atoms with Gasteiger partial charge in [0.2, 0.25) is 5.91 Å². The van der Waals surface area contributed by atoms with Gasteiger partial charge < -0.3 is 10.1 Å². The summed E-state index contributed by atoms with van der Waals surface area (Å²) in [6.07, 6.45) is 0. The van der Waals surface area contributed by atoms with Crippen molar-refractivity contribution in [3.8, 4) is 11.4 Å². The van der Waals surface area contributed by atoms with E-state index in [1.807, 2.05) is 26.8 Å². The Hall–Kier alpha value is -2.51. The maximum Gasteiger partial charge on any atom is 0.266 e. The SMILES string of the molecule is COc1ccc(-n2c(SCC(=O)NC(C)(C)C)nc3ccccc3c2=O)cc1Cl. The molecule has 1 N–H and O–H groups in total. The molecule has 0 atom stereocenters. The zero-order chi connectivity index (χ0) is 21.2. The fraction of sp³-hybridized carbons (Fsp3) is 0.286.